The maximum absolute atomic E-state index is 12.9. The molecule has 1 aromatic heterocycles. The average Bonchev–Trinajstić information content (AvgIpc) is 3.49. The smallest absolute Gasteiger partial charge is 0.355 e. The summed E-state index contributed by atoms with van der Waals surface area (Å²) >= 11 is 0. The van der Waals surface area contributed by atoms with E-state index in [1.54, 1.807) is 30.3 Å². The number of aromatic nitrogens is 1. The Kier molecular flexibility index (Phi) is 9.10. The van der Waals surface area contributed by atoms with E-state index in [-0.39, 0.29) is 23.3 Å². The third-order valence-electron chi connectivity index (χ3n) is 6.54. The molecule has 2 aromatic rings. The number of nitrogens with zero attached hydrogens (tertiary/aromatic N) is 1. The van der Waals surface area contributed by atoms with Gasteiger partial charge in [0.15, 0.2) is 12.4 Å². The summed E-state index contributed by atoms with van der Waals surface area (Å²) in [6.07, 6.45) is -11.5. The summed E-state index contributed by atoms with van der Waals surface area (Å²) in [5.41, 5.74) is 0.179. The molecule has 0 amide bonds. The number of allylic oxidation sites excluding steroid dienone is 1. The molecule has 0 spiro atoms. The maximum atomic E-state index is 12.9. The van der Waals surface area contributed by atoms with Crippen molar-refractivity contribution in [3.63, 3.8) is 0 Å². The average molecular weight is 545 g/mol. The second-order valence-electron chi connectivity index (χ2n) is 9.04. The molecule has 9 atom stereocenters. The molecule has 13 nitrogen and oxygen atoms in total. The van der Waals surface area contributed by atoms with Gasteiger partial charge in [-0.2, -0.15) is 5.26 Å². The zero-order valence-corrected chi connectivity index (χ0v) is 20.4. The minimum Gasteiger partial charge on any atom is -0.455 e. The lowest BCUT2D eigenvalue weighted by Crippen LogP contribution is -2.61. The van der Waals surface area contributed by atoms with Crippen LogP contribution in [-0.4, -0.2) is 104 Å². The van der Waals surface area contributed by atoms with Gasteiger partial charge in [0.05, 0.1) is 24.3 Å². The molecule has 208 valence electrons. The largest absolute Gasteiger partial charge is 0.455 e. The Morgan fingerprint density at radius 2 is 1.77 bits per heavy atom. The molecule has 2 fully saturated rings. The number of ether oxygens (including phenoxy) is 4. The summed E-state index contributed by atoms with van der Waals surface area (Å²) in [4.78, 5) is 28.3. The first-order chi connectivity index (χ1) is 18.7. The molecule has 2 aliphatic rings. The van der Waals surface area contributed by atoms with Crippen molar-refractivity contribution in [1.82, 2.24) is 4.98 Å². The molecule has 4 rings (SSSR count). The Hall–Kier alpha value is -3.61. The van der Waals surface area contributed by atoms with Gasteiger partial charge in [0, 0.05) is 24.3 Å². The topological polar surface area (TPSA) is 212 Å². The fraction of sp³-hybridized carbons (Fsp3) is 0.423. The lowest BCUT2D eigenvalue weighted by Gasteiger charge is -2.44. The standard InChI is InChI=1S/C26H28N2O11/c27-9-8-14-16(37-26-22(33)21(32)20(31)18(12-29)38-26)11-17(36-24(34)13-5-2-1-3-6-13)23(19(14)30)39-25(35)15-7-4-10-28-15/h1-8,10,16-23,26,28-33H,11-12H2/b14-8-/t16-,17+,18+,19-,20+,21-,22+,23-,26+/m0/s1. The van der Waals surface area contributed by atoms with Crippen LogP contribution in [0.1, 0.15) is 27.3 Å². The maximum Gasteiger partial charge on any atom is 0.355 e. The molecule has 0 bridgehead atoms. The number of aliphatic hydroxyl groups is 5. The number of nitriles is 1. The highest BCUT2D eigenvalue weighted by Crippen LogP contribution is 2.35. The molecule has 1 saturated carbocycles. The van der Waals surface area contributed by atoms with Crippen molar-refractivity contribution < 1.29 is 54.1 Å². The van der Waals surface area contributed by atoms with E-state index >= 15 is 0 Å². The van der Waals surface area contributed by atoms with Crippen molar-refractivity contribution >= 4 is 11.9 Å². The van der Waals surface area contributed by atoms with Crippen LogP contribution in [0.15, 0.2) is 60.3 Å². The van der Waals surface area contributed by atoms with Gasteiger partial charge >= 0.3 is 11.9 Å². The number of rotatable bonds is 7. The van der Waals surface area contributed by atoms with E-state index in [2.05, 4.69) is 4.98 Å². The summed E-state index contributed by atoms with van der Waals surface area (Å²) in [6.45, 7) is -0.701. The highest BCUT2D eigenvalue weighted by Gasteiger charge is 2.50. The number of hydrogen-bond donors (Lipinski definition) is 6. The van der Waals surface area contributed by atoms with Crippen LogP contribution in [0, 0.1) is 11.3 Å². The second kappa shape index (κ2) is 12.5. The number of carbonyl (C=O) groups excluding carboxylic acids is 2. The van der Waals surface area contributed by atoms with Gasteiger partial charge in [-0.05, 0) is 24.3 Å². The Morgan fingerprint density at radius 3 is 2.41 bits per heavy atom. The van der Waals surface area contributed by atoms with Crippen LogP contribution in [0.3, 0.4) is 0 Å². The van der Waals surface area contributed by atoms with E-state index in [4.69, 9.17) is 18.9 Å². The number of hydrogen-bond acceptors (Lipinski definition) is 12. The van der Waals surface area contributed by atoms with Crippen molar-refractivity contribution in [2.45, 2.75) is 61.5 Å². The number of carbonyl (C=O) groups is 2. The SMILES string of the molecule is N#C/C=C1/[C@@H](O[C@@H]2O[C@H](CO)[C@@H](O)[C@H](O)[C@H]2O)C[C@@H](OC(=O)c2ccccc2)[C@H](OC(=O)c2ccc[nH]2)[C@H]1O. The molecular formula is C26H28N2O11. The van der Waals surface area contributed by atoms with Gasteiger partial charge in [-0.1, -0.05) is 18.2 Å². The Balaban J connectivity index is 1.62. The van der Waals surface area contributed by atoms with E-state index in [1.807, 2.05) is 0 Å². The molecule has 0 radical (unpaired) electrons. The van der Waals surface area contributed by atoms with Gasteiger partial charge in [-0.3, -0.25) is 0 Å². The van der Waals surface area contributed by atoms with Crippen LogP contribution in [-0.2, 0) is 18.9 Å². The number of aliphatic hydroxyl groups excluding tert-OH is 5. The Bertz CT molecular complexity index is 1190. The number of H-pyrrole nitrogens is 1. The number of nitrogens with one attached hydrogen (secondary N) is 1. The lowest BCUT2D eigenvalue weighted by atomic mass is 9.84. The number of aromatic amines is 1. The molecule has 2 heterocycles. The monoisotopic (exact) mass is 544 g/mol. The highest BCUT2D eigenvalue weighted by molar-refractivity contribution is 5.89. The van der Waals surface area contributed by atoms with Gasteiger partial charge in [-0.15, -0.1) is 0 Å². The van der Waals surface area contributed by atoms with Crippen LogP contribution >= 0.6 is 0 Å². The van der Waals surface area contributed by atoms with E-state index in [0.29, 0.717) is 0 Å². The highest BCUT2D eigenvalue weighted by atomic mass is 16.7. The van der Waals surface area contributed by atoms with E-state index in [9.17, 15) is 40.4 Å². The summed E-state index contributed by atoms with van der Waals surface area (Å²) in [6, 6.07) is 12.7. The number of esters is 2. The number of benzene rings is 1. The predicted molar refractivity (Wildman–Crippen MR) is 129 cm³/mol. The Morgan fingerprint density at radius 1 is 1.03 bits per heavy atom. The quantitative estimate of drug-likeness (QED) is 0.186. The first kappa shape index (κ1) is 28.4. The first-order valence-electron chi connectivity index (χ1n) is 12.1. The normalized spacial score (nSPS) is 33.7. The summed E-state index contributed by atoms with van der Waals surface area (Å²) < 4.78 is 22.3. The summed E-state index contributed by atoms with van der Waals surface area (Å²) in [5, 5.41) is 60.7. The molecule has 0 unspecified atom stereocenters. The van der Waals surface area contributed by atoms with Crippen LogP contribution in [0.2, 0.25) is 0 Å². The zero-order chi connectivity index (χ0) is 28.1. The summed E-state index contributed by atoms with van der Waals surface area (Å²) in [5.74, 6) is -1.64. The predicted octanol–water partition coefficient (Wildman–Crippen LogP) is -0.835. The molecule has 1 aromatic carbocycles. The van der Waals surface area contributed by atoms with Gasteiger partial charge in [0.25, 0.3) is 0 Å². The van der Waals surface area contributed by atoms with E-state index < -0.39 is 73.7 Å². The van der Waals surface area contributed by atoms with Crippen molar-refractivity contribution in [3.05, 3.63) is 71.6 Å². The lowest BCUT2D eigenvalue weighted by molar-refractivity contribution is -0.312. The molecule has 13 heteroatoms. The fourth-order valence-corrected chi connectivity index (χ4v) is 4.47. The van der Waals surface area contributed by atoms with Crippen molar-refractivity contribution in [1.29, 1.82) is 5.26 Å². The van der Waals surface area contributed by atoms with Gasteiger partial charge in [0.2, 0.25) is 0 Å². The summed E-state index contributed by atoms with van der Waals surface area (Å²) in [7, 11) is 0. The zero-order valence-electron chi connectivity index (χ0n) is 20.4. The Labute approximate surface area is 222 Å². The molecule has 39 heavy (non-hydrogen) atoms. The van der Waals surface area contributed by atoms with Crippen LogP contribution in [0.5, 0.6) is 0 Å². The first-order valence-corrected chi connectivity index (χ1v) is 12.1. The minimum atomic E-state index is -1.77. The molecule has 1 aliphatic heterocycles. The van der Waals surface area contributed by atoms with E-state index in [0.717, 1.165) is 6.08 Å². The van der Waals surface area contributed by atoms with Crippen LogP contribution in [0.4, 0.5) is 0 Å². The second-order valence-corrected chi connectivity index (χ2v) is 9.04. The van der Waals surface area contributed by atoms with Crippen LogP contribution < -0.4 is 0 Å². The third-order valence-corrected chi connectivity index (χ3v) is 6.54. The van der Waals surface area contributed by atoms with Crippen LogP contribution in [0.25, 0.3) is 0 Å². The van der Waals surface area contributed by atoms with Gasteiger partial charge in [0.1, 0.15) is 42.3 Å². The van der Waals surface area contributed by atoms with Crippen molar-refractivity contribution in [2.24, 2.45) is 0 Å². The third kappa shape index (κ3) is 6.18. The fourth-order valence-electron chi connectivity index (χ4n) is 4.47. The molecular weight excluding hydrogens is 516 g/mol. The minimum absolute atomic E-state index is 0.0702. The molecule has 1 saturated heterocycles. The molecule has 1 aliphatic carbocycles. The molecule has 6 N–H and O–H groups in total. The van der Waals surface area contributed by atoms with Crippen molar-refractivity contribution in [2.75, 3.05) is 6.61 Å². The van der Waals surface area contributed by atoms with E-state index in [1.165, 1.54) is 24.4 Å². The van der Waals surface area contributed by atoms with Crippen molar-refractivity contribution in [3.8, 4) is 6.07 Å². The van der Waals surface area contributed by atoms with Gasteiger partial charge < -0.3 is 49.5 Å². The van der Waals surface area contributed by atoms with Gasteiger partial charge in [-0.25, -0.2) is 9.59 Å².